The molecule has 5 nitrogen and oxygen atoms in total. The summed E-state index contributed by atoms with van der Waals surface area (Å²) in [6, 6.07) is 0.0926. The second kappa shape index (κ2) is 5.82. The molecule has 0 spiro atoms. The van der Waals surface area contributed by atoms with Crippen LogP contribution < -0.4 is 0 Å². The zero-order chi connectivity index (χ0) is 13.1. The molecular weight excluding hydrogens is 252 g/mol. The van der Waals surface area contributed by atoms with Crippen molar-refractivity contribution < 1.29 is 14.7 Å². The molecule has 6 heteroatoms. The van der Waals surface area contributed by atoms with Gasteiger partial charge in [0.25, 0.3) is 0 Å². The van der Waals surface area contributed by atoms with Crippen LogP contribution in [-0.4, -0.2) is 64.1 Å². The van der Waals surface area contributed by atoms with E-state index in [0.29, 0.717) is 18.3 Å². The highest BCUT2D eigenvalue weighted by molar-refractivity contribution is 7.99. The highest BCUT2D eigenvalue weighted by Gasteiger charge is 2.31. The molecule has 18 heavy (non-hydrogen) atoms. The predicted octanol–water partition coefficient (Wildman–Crippen LogP) is 1.34. The summed E-state index contributed by atoms with van der Waals surface area (Å²) in [4.78, 5) is 26.7. The van der Waals surface area contributed by atoms with Gasteiger partial charge in [-0.2, -0.15) is 11.8 Å². The quantitative estimate of drug-likeness (QED) is 0.824. The maximum atomic E-state index is 12.3. The van der Waals surface area contributed by atoms with Crippen molar-refractivity contribution in [2.75, 3.05) is 31.9 Å². The molecule has 2 unspecified atom stereocenters. The molecular formula is C12H20N2O3S. The van der Waals surface area contributed by atoms with Gasteiger partial charge in [-0.15, -0.1) is 0 Å². The SMILES string of the molecule is CC1CN(C(=O)N2CCC(CC(=O)O)C2)CCS1. The van der Waals surface area contributed by atoms with E-state index >= 15 is 0 Å². The highest BCUT2D eigenvalue weighted by Crippen LogP contribution is 2.23. The number of carboxylic acid groups (broad SMARTS) is 1. The van der Waals surface area contributed by atoms with Crippen LogP contribution in [-0.2, 0) is 4.79 Å². The van der Waals surface area contributed by atoms with Gasteiger partial charge >= 0.3 is 12.0 Å². The first-order valence-electron chi connectivity index (χ1n) is 6.43. The van der Waals surface area contributed by atoms with E-state index in [1.165, 1.54) is 0 Å². The number of aliphatic carboxylic acids is 1. The molecule has 2 atom stereocenters. The molecule has 2 fully saturated rings. The average Bonchev–Trinajstić information content (AvgIpc) is 2.75. The number of amides is 2. The lowest BCUT2D eigenvalue weighted by Crippen LogP contribution is -2.47. The molecule has 0 radical (unpaired) electrons. The molecule has 2 rings (SSSR count). The number of thioether (sulfide) groups is 1. The maximum Gasteiger partial charge on any atom is 0.320 e. The van der Waals surface area contributed by atoms with Crippen molar-refractivity contribution in [2.24, 2.45) is 5.92 Å². The van der Waals surface area contributed by atoms with E-state index in [1.54, 1.807) is 0 Å². The van der Waals surface area contributed by atoms with E-state index in [0.717, 1.165) is 25.3 Å². The van der Waals surface area contributed by atoms with Gasteiger partial charge in [-0.1, -0.05) is 6.92 Å². The minimum atomic E-state index is -0.766. The first-order chi connectivity index (χ1) is 8.56. The van der Waals surface area contributed by atoms with Gasteiger partial charge in [0.05, 0.1) is 0 Å². The summed E-state index contributed by atoms with van der Waals surface area (Å²) in [5.74, 6) is 0.361. The van der Waals surface area contributed by atoms with Crippen molar-refractivity contribution in [3.63, 3.8) is 0 Å². The van der Waals surface area contributed by atoms with Crippen LogP contribution in [0.2, 0.25) is 0 Å². The molecule has 102 valence electrons. The van der Waals surface area contributed by atoms with Gasteiger partial charge in [-0.3, -0.25) is 4.79 Å². The summed E-state index contributed by atoms with van der Waals surface area (Å²) in [5, 5.41) is 9.27. The molecule has 2 aliphatic heterocycles. The van der Waals surface area contributed by atoms with E-state index in [-0.39, 0.29) is 18.4 Å². The fourth-order valence-electron chi connectivity index (χ4n) is 2.61. The molecule has 0 saturated carbocycles. The maximum absolute atomic E-state index is 12.3. The van der Waals surface area contributed by atoms with E-state index in [2.05, 4.69) is 6.92 Å². The molecule has 1 N–H and O–H groups in total. The van der Waals surface area contributed by atoms with Crippen molar-refractivity contribution in [2.45, 2.75) is 25.0 Å². The Morgan fingerprint density at radius 2 is 2.00 bits per heavy atom. The summed E-state index contributed by atoms with van der Waals surface area (Å²) in [6.45, 7) is 5.07. The van der Waals surface area contributed by atoms with E-state index in [1.807, 2.05) is 21.6 Å². The molecule has 2 saturated heterocycles. The summed E-state index contributed by atoms with van der Waals surface area (Å²) < 4.78 is 0. The van der Waals surface area contributed by atoms with Gasteiger partial charge in [0, 0.05) is 43.6 Å². The molecule has 0 aromatic rings. The number of hydrogen-bond donors (Lipinski definition) is 1. The lowest BCUT2D eigenvalue weighted by molar-refractivity contribution is -0.138. The van der Waals surface area contributed by atoms with Crippen LogP contribution in [0.1, 0.15) is 19.8 Å². The summed E-state index contributed by atoms with van der Waals surface area (Å²) >= 11 is 1.90. The van der Waals surface area contributed by atoms with Gasteiger partial charge in [0.2, 0.25) is 0 Å². The van der Waals surface area contributed by atoms with Gasteiger partial charge in [0.1, 0.15) is 0 Å². The first-order valence-corrected chi connectivity index (χ1v) is 7.48. The second-order valence-corrected chi connectivity index (χ2v) is 6.65. The fraction of sp³-hybridized carbons (Fsp3) is 0.833. The lowest BCUT2D eigenvalue weighted by Gasteiger charge is -2.33. The molecule has 0 bridgehead atoms. The van der Waals surface area contributed by atoms with Gasteiger partial charge in [-0.25, -0.2) is 4.79 Å². The smallest absolute Gasteiger partial charge is 0.320 e. The summed E-state index contributed by atoms with van der Waals surface area (Å²) in [7, 11) is 0. The molecule has 0 aromatic carbocycles. The zero-order valence-electron chi connectivity index (χ0n) is 10.7. The van der Waals surface area contributed by atoms with E-state index < -0.39 is 5.97 Å². The van der Waals surface area contributed by atoms with Gasteiger partial charge in [-0.05, 0) is 12.3 Å². The Balaban J connectivity index is 1.85. The van der Waals surface area contributed by atoms with Crippen molar-refractivity contribution in [3.05, 3.63) is 0 Å². The molecule has 0 aliphatic carbocycles. The van der Waals surface area contributed by atoms with Crippen LogP contribution in [0.3, 0.4) is 0 Å². The van der Waals surface area contributed by atoms with Crippen LogP contribution in [0.25, 0.3) is 0 Å². The topological polar surface area (TPSA) is 60.9 Å². The number of urea groups is 1. The summed E-state index contributed by atoms with van der Waals surface area (Å²) in [5.41, 5.74) is 0. The van der Waals surface area contributed by atoms with Crippen LogP contribution in [0.4, 0.5) is 4.79 Å². The number of likely N-dealkylation sites (tertiary alicyclic amines) is 1. The fourth-order valence-corrected chi connectivity index (χ4v) is 3.63. The number of nitrogens with zero attached hydrogens (tertiary/aromatic N) is 2. The summed E-state index contributed by atoms with van der Waals surface area (Å²) in [6.07, 6.45) is 0.992. The highest BCUT2D eigenvalue weighted by atomic mass is 32.2. The Hall–Kier alpha value is -0.910. The van der Waals surface area contributed by atoms with E-state index in [4.69, 9.17) is 5.11 Å². The van der Waals surface area contributed by atoms with Crippen LogP contribution in [0, 0.1) is 5.92 Å². The Labute approximate surface area is 112 Å². The van der Waals surface area contributed by atoms with Crippen molar-refractivity contribution in [1.29, 1.82) is 0 Å². The largest absolute Gasteiger partial charge is 0.481 e. The molecule has 0 aromatic heterocycles. The third-order valence-electron chi connectivity index (χ3n) is 3.53. The first kappa shape index (κ1) is 13.5. The third-order valence-corrected chi connectivity index (χ3v) is 4.67. The Morgan fingerprint density at radius 1 is 1.28 bits per heavy atom. The number of carboxylic acids is 1. The standard InChI is InChI=1S/C12H20N2O3S/c1-9-7-14(4-5-18-9)12(17)13-3-2-10(8-13)6-11(15)16/h9-10H,2-8H2,1H3,(H,15,16). The Morgan fingerprint density at radius 3 is 2.67 bits per heavy atom. The Kier molecular flexibility index (Phi) is 4.37. The predicted molar refractivity (Wildman–Crippen MR) is 70.8 cm³/mol. The Bertz CT molecular complexity index is 337. The minimum Gasteiger partial charge on any atom is -0.481 e. The van der Waals surface area contributed by atoms with Crippen LogP contribution in [0.15, 0.2) is 0 Å². The normalized spacial score (nSPS) is 28.5. The minimum absolute atomic E-state index is 0.0926. The van der Waals surface area contributed by atoms with Crippen molar-refractivity contribution >= 4 is 23.8 Å². The van der Waals surface area contributed by atoms with Crippen molar-refractivity contribution in [3.8, 4) is 0 Å². The number of carbonyl (C=O) groups is 2. The van der Waals surface area contributed by atoms with Gasteiger partial charge in [0.15, 0.2) is 0 Å². The van der Waals surface area contributed by atoms with E-state index in [9.17, 15) is 9.59 Å². The third kappa shape index (κ3) is 3.31. The lowest BCUT2D eigenvalue weighted by atomic mass is 10.1. The monoisotopic (exact) mass is 272 g/mol. The number of carbonyl (C=O) groups excluding carboxylic acids is 1. The number of rotatable bonds is 2. The second-order valence-electron chi connectivity index (χ2n) is 5.11. The molecule has 2 aliphatic rings. The van der Waals surface area contributed by atoms with Crippen LogP contribution >= 0.6 is 11.8 Å². The van der Waals surface area contributed by atoms with Crippen molar-refractivity contribution in [1.82, 2.24) is 9.80 Å². The number of hydrogen-bond acceptors (Lipinski definition) is 3. The molecule has 2 amide bonds. The average molecular weight is 272 g/mol. The zero-order valence-corrected chi connectivity index (χ0v) is 11.5. The molecule has 2 heterocycles. The van der Waals surface area contributed by atoms with Gasteiger partial charge < -0.3 is 14.9 Å². The van der Waals surface area contributed by atoms with Crippen LogP contribution in [0.5, 0.6) is 0 Å².